The lowest BCUT2D eigenvalue weighted by atomic mass is 9.93. The zero-order chi connectivity index (χ0) is 17.6. The van der Waals surface area contributed by atoms with E-state index in [9.17, 15) is 4.79 Å². The van der Waals surface area contributed by atoms with Crippen molar-refractivity contribution in [2.45, 2.75) is 32.2 Å². The van der Waals surface area contributed by atoms with Gasteiger partial charge in [0.05, 0.1) is 12.7 Å². The summed E-state index contributed by atoms with van der Waals surface area (Å²) in [5.41, 5.74) is 0.903. The van der Waals surface area contributed by atoms with Crippen molar-refractivity contribution in [3.8, 4) is 0 Å². The summed E-state index contributed by atoms with van der Waals surface area (Å²) in [4.78, 5) is 12.3. The van der Waals surface area contributed by atoms with E-state index >= 15 is 0 Å². The molecule has 1 aliphatic rings. The van der Waals surface area contributed by atoms with Gasteiger partial charge in [-0.15, -0.1) is 0 Å². The van der Waals surface area contributed by atoms with E-state index in [1.807, 2.05) is 6.07 Å². The van der Waals surface area contributed by atoms with Crippen molar-refractivity contribution < 1.29 is 4.79 Å². The van der Waals surface area contributed by atoms with Crippen LogP contribution in [0.3, 0.4) is 0 Å². The van der Waals surface area contributed by atoms with Crippen LogP contribution in [0.1, 0.15) is 31.2 Å². The zero-order valence-corrected chi connectivity index (χ0v) is 15.5. The maximum Gasteiger partial charge on any atom is 0.225 e. The molecule has 0 aliphatic carbocycles. The summed E-state index contributed by atoms with van der Waals surface area (Å²) < 4.78 is 1.73. The second kappa shape index (κ2) is 8.70. The highest BCUT2D eigenvalue weighted by Gasteiger charge is 2.15. The first-order chi connectivity index (χ1) is 12.1. The lowest BCUT2D eigenvalue weighted by Gasteiger charge is -2.22. The minimum absolute atomic E-state index is 0.0301. The van der Waals surface area contributed by atoms with Gasteiger partial charge >= 0.3 is 0 Å². The van der Waals surface area contributed by atoms with Gasteiger partial charge in [-0.2, -0.15) is 5.10 Å². The van der Waals surface area contributed by atoms with E-state index in [1.54, 1.807) is 29.1 Å². The Morgan fingerprint density at radius 1 is 1.28 bits per heavy atom. The van der Waals surface area contributed by atoms with E-state index in [-0.39, 0.29) is 5.91 Å². The average molecular weight is 381 g/mol. The summed E-state index contributed by atoms with van der Waals surface area (Å²) in [5.74, 6) is 1.36. The number of halogens is 2. The van der Waals surface area contributed by atoms with Crippen LogP contribution in [0.4, 0.5) is 5.82 Å². The second-order valence-electron chi connectivity index (χ2n) is 6.39. The van der Waals surface area contributed by atoms with Gasteiger partial charge in [0.2, 0.25) is 5.91 Å². The minimum atomic E-state index is 0.0301. The van der Waals surface area contributed by atoms with Gasteiger partial charge in [0.15, 0.2) is 0 Å². The predicted octanol–water partition coefficient (Wildman–Crippen LogP) is 3.96. The van der Waals surface area contributed by atoms with Gasteiger partial charge in [-0.3, -0.25) is 4.79 Å². The Kier molecular flexibility index (Phi) is 6.34. The molecule has 0 bridgehead atoms. The van der Waals surface area contributed by atoms with Crippen molar-refractivity contribution in [3.05, 3.63) is 46.1 Å². The minimum Gasteiger partial charge on any atom is -0.317 e. The number of hydrogen-bond donors (Lipinski definition) is 2. The average Bonchev–Trinajstić information content (AvgIpc) is 3.03. The summed E-state index contributed by atoms with van der Waals surface area (Å²) in [6.07, 6.45) is 5.45. The molecule has 0 saturated carbocycles. The first kappa shape index (κ1) is 18.2. The summed E-state index contributed by atoms with van der Waals surface area (Å²) in [7, 11) is 0. The van der Waals surface area contributed by atoms with Crippen molar-refractivity contribution in [1.82, 2.24) is 15.1 Å². The van der Waals surface area contributed by atoms with Crippen molar-refractivity contribution in [2.24, 2.45) is 5.92 Å². The molecule has 1 saturated heterocycles. The highest BCUT2D eigenvalue weighted by atomic mass is 35.5. The molecule has 0 spiro atoms. The van der Waals surface area contributed by atoms with Crippen molar-refractivity contribution in [1.29, 1.82) is 0 Å². The summed E-state index contributed by atoms with van der Waals surface area (Å²) >= 11 is 12.2. The molecule has 2 N–H and O–H groups in total. The molecule has 1 aromatic carbocycles. The Hall–Kier alpha value is -1.56. The highest BCUT2D eigenvalue weighted by molar-refractivity contribution is 6.35. The summed E-state index contributed by atoms with van der Waals surface area (Å²) in [5, 5.41) is 11.8. The second-order valence-corrected chi connectivity index (χ2v) is 7.23. The SMILES string of the molecule is O=C(CCC1CCNCC1)Nc1ccnn1Cc1ccc(Cl)cc1Cl. The predicted molar refractivity (Wildman–Crippen MR) is 101 cm³/mol. The molecule has 25 heavy (non-hydrogen) atoms. The van der Waals surface area contributed by atoms with Crippen molar-refractivity contribution >= 4 is 34.9 Å². The van der Waals surface area contributed by atoms with E-state index in [1.165, 1.54) is 0 Å². The number of amides is 1. The molecular weight excluding hydrogens is 359 g/mol. The van der Waals surface area contributed by atoms with E-state index in [0.29, 0.717) is 34.7 Å². The molecule has 1 fully saturated rings. The van der Waals surface area contributed by atoms with E-state index in [4.69, 9.17) is 23.2 Å². The van der Waals surface area contributed by atoms with Crippen LogP contribution in [0.15, 0.2) is 30.5 Å². The Balaban J connectivity index is 1.56. The van der Waals surface area contributed by atoms with Crippen molar-refractivity contribution in [2.75, 3.05) is 18.4 Å². The fourth-order valence-electron chi connectivity index (χ4n) is 3.09. The van der Waals surface area contributed by atoms with E-state index in [0.717, 1.165) is 37.9 Å². The van der Waals surface area contributed by atoms with Gasteiger partial charge in [-0.05, 0) is 56.0 Å². The fourth-order valence-corrected chi connectivity index (χ4v) is 3.56. The number of carbonyl (C=O) groups excluding carboxylic acids is 1. The molecule has 1 aromatic heterocycles. The summed E-state index contributed by atoms with van der Waals surface area (Å²) in [6.45, 7) is 2.59. The van der Waals surface area contributed by atoms with Crippen LogP contribution in [0.5, 0.6) is 0 Å². The molecule has 0 radical (unpaired) electrons. The van der Waals surface area contributed by atoms with Gasteiger partial charge in [0.25, 0.3) is 0 Å². The Morgan fingerprint density at radius 3 is 2.84 bits per heavy atom. The van der Waals surface area contributed by atoms with Crippen LogP contribution in [0.2, 0.25) is 10.0 Å². The molecule has 2 aromatic rings. The van der Waals surface area contributed by atoms with E-state index in [2.05, 4.69) is 15.7 Å². The van der Waals surface area contributed by atoms with E-state index < -0.39 is 0 Å². The number of hydrogen-bond acceptors (Lipinski definition) is 3. The first-order valence-corrected chi connectivity index (χ1v) is 9.34. The zero-order valence-electron chi connectivity index (χ0n) is 14.0. The fraction of sp³-hybridized carbons (Fsp3) is 0.444. The Bertz CT molecular complexity index is 726. The van der Waals surface area contributed by atoms with Crippen LogP contribution < -0.4 is 10.6 Å². The first-order valence-electron chi connectivity index (χ1n) is 8.58. The number of aromatic nitrogens is 2. The van der Waals surface area contributed by atoms with Crippen LogP contribution in [-0.2, 0) is 11.3 Å². The maximum atomic E-state index is 12.3. The van der Waals surface area contributed by atoms with Crippen LogP contribution in [-0.4, -0.2) is 28.8 Å². The van der Waals surface area contributed by atoms with Gasteiger partial charge in [-0.25, -0.2) is 4.68 Å². The molecule has 0 unspecified atom stereocenters. The van der Waals surface area contributed by atoms with Crippen LogP contribution in [0, 0.1) is 5.92 Å². The number of nitrogens with one attached hydrogen (secondary N) is 2. The molecule has 2 heterocycles. The molecule has 5 nitrogen and oxygen atoms in total. The normalized spacial score (nSPS) is 15.3. The third kappa shape index (κ3) is 5.21. The maximum absolute atomic E-state index is 12.3. The molecule has 0 atom stereocenters. The van der Waals surface area contributed by atoms with Gasteiger partial charge in [0, 0.05) is 22.5 Å². The lowest BCUT2D eigenvalue weighted by molar-refractivity contribution is -0.116. The number of piperidine rings is 1. The smallest absolute Gasteiger partial charge is 0.225 e. The lowest BCUT2D eigenvalue weighted by Crippen LogP contribution is -2.28. The number of anilines is 1. The van der Waals surface area contributed by atoms with Crippen LogP contribution in [0.25, 0.3) is 0 Å². The third-order valence-electron chi connectivity index (χ3n) is 4.56. The quantitative estimate of drug-likeness (QED) is 0.797. The Morgan fingerprint density at radius 2 is 2.08 bits per heavy atom. The van der Waals surface area contributed by atoms with Crippen LogP contribution >= 0.6 is 23.2 Å². The number of benzene rings is 1. The highest BCUT2D eigenvalue weighted by Crippen LogP contribution is 2.23. The number of carbonyl (C=O) groups is 1. The van der Waals surface area contributed by atoms with Gasteiger partial charge in [0.1, 0.15) is 5.82 Å². The number of nitrogens with zero attached hydrogens (tertiary/aromatic N) is 2. The molecule has 134 valence electrons. The van der Waals surface area contributed by atoms with Gasteiger partial charge < -0.3 is 10.6 Å². The van der Waals surface area contributed by atoms with Crippen molar-refractivity contribution in [3.63, 3.8) is 0 Å². The standard InChI is InChI=1S/C18H22Cl2N4O/c19-15-3-2-14(16(20)11-15)12-24-17(7-10-22-24)23-18(25)4-1-13-5-8-21-9-6-13/h2-3,7,10-11,13,21H,1,4-6,8-9,12H2,(H,23,25). The largest absolute Gasteiger partial charge is 0.317 e. The van der Waals surface area contributed by atoms with Gasteiger partial charge in [-0.1, -0.05) is 29.3 Å². The molecule has 7 heteroatoms. The Labute approximate surface area is 157 Å². The molecular formula is C18H22Cl2N4O. The summed E-state index contributed by atoms with van der Waals surface area (Å²) in [6, 6.07) is 7.17. The third-order valence-corrected chi connectivity index (χ3v) is 5.14. The molecule has 1 amide bonds. The number of rotatable bonds is 6. The molecule has 1 aliphatic heterocycles. The topological polar surface area (TPSA) is 59.0 Å². The monoisotopic (exact) mass is 380 g/mol. The molecule has 3 rings (SSSR count).